The number of nitrogens with one attached hydrogen (secondary N) is 1. The normalized spacial score (nSPS) is 12.7. The second-order valence-corrected chi connectivity index (χ2v) is 4.44. The molecule has 92 valence electrons. The van der Waals surface area contributed by atoms with E-state index >= 15 is 0 Å². The molecule has 1 aromatic carbocycles. The molecule has 0 saturated carbocycles. The van der Waals surface area contributed by atoms with Crippen LogP contribution < -0.4 is 5.32 Å². The summed E-state index contributed by atoms with van der Waals surface area (Å²) in [5, 5.41) is 12.6. The average molecular weight is 274 g/mol. The van der Waals surface area contributed by atoms with E-state index in [1.165, 1.54) is 6.08 Å². The number of carbonyl (C=O) groups is 1. The van der Waals surface area contributed by atoms with Crippen molar-refractivity contribution in [2.45, 2.75) is 13.0 Å². The van der Waals surface area contributed by atoms with Crippen LogP contribution in [0.15, 0.2) is 24.3 Å². The van der Waals surface area contributed by atoms with E-state index in [4.69, 9.17) is 28.3 Å². The van der Waals surface area contributed by atoms with Gasteiger partial charge in [0, 0.05) is 22.7 Å². The first-order chi connectivity index (χ1) is 7.99. The van der Waals surface area contributed by atoms with E-state index in [-0.39, 0.29) is 12.5 Å². The van der Waals surface area contributed by atoms with Gasteiger partial charge in [0.05, 0.1) is 6.10 Å². The van der Waals surface area contributed by atoms with E-state index in [0.717, 1.165) is 0 Å². The molecule has 0 saturated heterocycles. The van der Waals surface area contributed by atoms with E-state index in [0.29, 0.717) is 15.6 Å². The van der Waals surface area contributed by atoms with Crippen LogP contribution in [0.3, 0.4) is 0 Å². The number of carbonyl (C=O) groups excluding carboxylic acids is 1. The molecule has 0 unspecified atom stereocenters. The van der Waals surface area contributed by atoms with Crippen molar-refractivity contribution in [2.24, 2.45) is 0 Å². The molecule has 0 aliphatic carbocycles. The van der Waals surface area contributed by atoms with Crippen LogP contribution in [0.5, 0.6) is 0 Å². The SMILES string of the molecule is C[C@H](O)CNC(=O)/C=C/c1cc(Cl)ccc1Cl. The van der Waals surface area contributed by atoms with Gasteiger partial charge in [-0.05, 0) is 36.8 Å². The Morgan fingerprint density at radius 1 is 1.53 bits per heavy atom. The number of benzene rings is 1. The van der Waals surface area contributed by atoms with Crippen LogP contribution in [0.1, 0.15) is 12.5 Å². The van der Waals surface area contributed by atoms with Crippen LogP contribution in [0.25, 0.3) is 6.08 Å². The molecule has 0 radical (unpaired) electrons. The van der Waals surface area contributed by atoms with Crippen molar-refractivity contribution in [3.8, 4) is 0 Å². The number of rotatable bonds is 4. The van der Waals surface area contributed by atoms with Gasteiger partial charge in [-0.15, -0.1) is 0 Å². The van der Waals surface area contributed by atoms with Gasteiger partial charge >= 0.3 is 0 Å². The van der Waals surface area contributed by atoms with Gasteiger partial charge in [0.25, 0.3) is 0 Å². The molecular formula is C12H13Cl2NO2. The number of aliphatic hydroxyl groups is 1. The molecule has 1 rings (SSSR count). The lowest BCUT2D eigenvalue weighted by Gasteiger charge is -2.04. The standard InChI is InChI=1S/C12H13Cl2NO2/c1-8(16)7-15-12(17)5-2-9-6-10(13)3-4-11(9)14/h2-6,8,16H,7H2,1H3,(H,15,17)/b5-2+/t8-/m0/s1. The molecule has 0 heterocycles. The Labute approximate surface area is 110 Å². The van der Waals surface area contributed by atoms with Crippen molar-refractivity contribution in [1.82, 2.24) is 5.32 Å². The van der Waals surface area contributed by atoms with Crippen LogP contribution in [0.2, 0.25) is 10.0 Å². The summed E-state index contributed by atoms with van der Waals surface area (Å²) in [5.74, 6) is -0.290. The molecule has 0 aliphatic heterocycles. The molecule has 0 aromatic heterocycles. The molecule has 17 heavy (non-hydrogen) atoms. The van der Waals surface area contributed by atoms with E-state index < -0.39 is 6.10 Å². The zero-order chi connectivity index (χ0) is 12.8. The zero-order valence-electron chi connectivity index (χ0n) is 9.28. The number of amides is 1. The molecule has 5 heteroatoms. The van der Waals surface area contributed by atoms with Gasteiger partial charge in [-0.25, -0.2) is 0 Å². The summed E-state index contributed by atoms with van der Waals surface area (Å²) in [5.41, 5.74) is 0.673. The molecule has 0 spiro atoms. The fourth-order valence-corrected chi connectivity index (χ4v) is 1.48. The fraction of sp³-hybridized carbons (Fsp3) is 0.250. The van der Waals surface area contributed by atoms with Crippen molar-refractivity contribution in [3.63, 3.8) is 0 Å². The van der Waals surface area contributed by atoms with Crippen LogP contribution in [-0.4, -0.2) is 23.7 Å². The van der Waals surface area contributed by atoms with E-state index in [9.17, 15) is 4.79 Å². The summed E-state index contributed by atoms with van der Waals surface area (Å²) in [7, 11) is 0. The monoisotopic (exact) mass is 273 g/mol. The fourth-order valence-electron chi connectivity index (χ4n) is 1.12. The minimum atomic E-state index is -0.567. The summed E-state index contributed by atoms with van der Waals surface area (Å²) in [6.07, 6.45) is 2.35. The Morgan fingerprint density at radius 2 is 2.24 bits per heavy atom. The highest BCUT2D eigenvalue weighted by Crippen LogP contribution is 2.21. The summed E-state index contributed by atoms with van der Waals surface area (Å²) < 4.78 is 0. The van der Waals surface area contributed by atoms with Crippen LogP contribution in [0, 0.1) is 0 Å². The van der Waals surface area contributed by atoms with Gasteiger partial charge < -0.3 is 10.4 Å². The third-order valence-corrected chi connectivity index (χ3v) is 2.52. The molecular weight excluding hydrogens is 261 g/mol. The predicted octanol–water partition coefficient (Wildman–Crippen LogP) is 2.50. The third-order valence-electron chi connectivity index (χ3n) is 1.94. The first kappa shape index (κ1) is 14.0. The lowest BCUT2D eigenvalue weighted by Crippen LogP contribution is -2.28. The first-order valence-electron chi connectivity index (χ1n) is 5.08. The maximum atomic E-state index is 11.3. The largest absolute Gasteiger partial charge is 0.392 e. The van der Waals surface area contributed by atoms with E-state index in [2.05, 4.69) is 5.32 Å². The summed E-state index contributed by atoms with van der Waals surface area (Å²) >= 11 is 11.7. The third kappa shape index (κ3) is 5.22. The Hall–Kier alpha value is -1.03. The maximum absolute atomic E-state index is 11.3. The molecule has 3 nitrogen and oxygen atoms in total. The number of hydrogen-bond acceptors (Lipinski definition) is 2. The van der Waals surface area contributed by atoms with E-state index in [1.807, 2.05) is 0 Å². The summed E-state index contributed by atoms with van der Waals surface area (Å²) in [6, 6.07) is 5.01. The molecule has 1 amide bonds. The second kappa shape index (κ2) is 6.64. The Kier molecular flexibility index (Phi) is 5.48. The van der Waals surface area contributed by atoms with Crippen molar-refractivity contribution in [2.75, 3.05) is 6.54 Å². The number of hydrogen-bond donors (Lipinski definition) is 2. The lowest BCUT2D eigenvalue weighted by molar-refractivity contribution is -0.116. The Bertz CT molecular complexity index is 431. The molecule has 1 aromatic rings. The van der Waals surface area contributed by atoms with Crippen molar-refractivity contribution in [1.29, 1.82) is 0 Å². The molecule has 1 atom stereocenters. The highest BCUT2D eigenvalue weighted by molar-refractivity contribution is 6.34. The summed E-state index contributed by atoms with van der Waals surface area (Å²) in [6.45, 7) is 1.81. The van der Waals surface area contributed by atoms with Crippen molar-refractivity contribution in [3.05, 3.63) is 39.9 Å². The second-order valence-electron chi connectivity index (χ2n) is 3.59. The minimum Gasteiger partial charge on any atom is -0.392 e. The minimum absolute atomic E-state index is 0.215. The van der Waals surface area contributed by atoms with Crippen LogP contribution in [0.4, 0.5) is 0 Å². The molecule has 0 fully saturated rings. The molecule has 0 bridgehead atoms. The quantitative estimate of drug-likeness (QED) is 0.829. The van der Waals surface area contributed by atoms with Gasteiger partial charge in [-0.3, -0.25) is 4.79 Å². The predicted molar refractivity (Wildman–Crippen MR) is 70.2 cm³/mol. The Morgan fingerprint density at radius 3 is 2.88 bits per heavy atom. The maximum Gasteiger partial charge on any atom is 0.244 e. The van der Waals surface area contributed by atoms with Gasteiger partial charge in [-0.1, -0.05) is 23.2 Å². The topological polar surface area (TPSA) is 49.3 Å². The lowest BCUT2D eigenvalue weighted by atomic mass is 10.2. The zero-order valence-corrected chi connectivity index (χ0v) is 10.8. The van der Waals surface area contributed by atoms with Crippen LogP contribution in [-0.2, 0) is 4.79 Å². The van der Waals surface area contributed by atoms with E-state index in [1.54, 1.807) is 31.2 Å². The van der Waals surface area contributed by atoms with Gasteiger partial charge in [0.1, 0.15) is 0 Å². The number of aliphatic hydroxyl groups excluding tert-OH is 1. The molecule has 2 N–H and O–H groups in total. The molecule has 0 aliphatic rings. The Balaban J connectivity index is 2.64. The number of halogens is 2. The van der Waals surface area contributed by atoms with Crippen molar-refractivity contribution >= 4 is 35.2 Å². The summed E-state index contributed by atoms with van der Waals surface area (Å²) in [4.78, 5) is 11.3. The van der Waals surface area contributed by atoms with Gasteiger partial charge in [0.15, 0.2) is 0 Å². The first-order valence-corrected chi connectivity index (χ1v) is 5.83. The van der Waals surface area contributed by atoms with Gasteiger partial charge in [0.2, 0.25) is 5.91 Å². The average Bonchev–Trinajstić information content (AvgIpc) is 2.27. The smallest absolute Gasteiger partial charge is 0.244 e. The van der Waals surface area contributed by atoms with Gasteiger partial charge in [-0.2, -0.15) is 0 Å². The van der Waals surface area contributed by atoms with Crippen LogP contribution >= 0.6 is 23.2 Å². The van der Waals surface area contributed by atoms with Crippen molar-refractivity contribution < 1.29 is 9.90 Å². The highest BCUT2D eigenvalue weighted by Gasteiger charge is 2.00. The highest BCUT2D eigenvalue weighted by atomic mass is 35.5.